The number of fused-ring (bicyclic) bond motifs is 1. The molecule has 1 unspecified atom stereocenters. The molecule has 0 aliphatic carbocycles. The molecule has 0 spiro atoms. The normalized spacial score (nSPS) is 15.6. The van der Waals surface area contributed by atoms with Crippen LogP contribution in [-0.2, 0) is 0 Å². The summed E-state index contributed by atoms with van der Waals surface area (Å²) in [6.07, 6.45) is -0.139. The number of halogens is 1. The number of nitrogens with zero attached hydrogens (tertiary/aromatic N) is 1. The number of hydrogen-bond acceptors (Lipinski definition) is 4. The van der Waals surface area contributed by atoms with Crippen LogP contribution in [0.1, 0.15) is 15.9 Å². The molecule has 0 saturated carbocycles. The number of benzene rings is 2. The number of carbonyl (C=O) groups is 1. The number of rotatable bonds is 6. The van der Waals surface area contributed by atoms with Crippen LogP contribution in [0.2, 0.25) is 0 Å². The highest BCUT2D eigenvalue weighted by Gasteiger charge is 2.20. The summed E-state index contributed by atoms with van der Waals surface area (Å²) in [5, 5.41) is 9.03. The first kappa shape index (κ1) is 20.4. The molecule has 3 rings (SSSR count). The van der Waals surface area contributed by atoms with Crippen molar-refractivity contribution in [2.24, 2.45) is 4.99 Å². The highest BCUT2D eigenvalue weighted by atomic mass is 19.1. The van der Waals surface area contributed by atoms with Crippen molar-refractivity contribution < 1.29 is 18.7 Å². The van der Waals surface area contributed by atoms with Crippen LogP contribution in [0.3, 0.4) is 0 Å². The number of para-hydroxylation sites is 2. The number of nitrogens with one attached hydrogen (secondary N) is 3. The Labute approximate surface area is 169 Å². The van der Waals surface area contributed by atoms with E-state index in [1.807, 2.05) is 24.3 Å². The second-order valence-corrected chi connectivity index (χ2v) is 6.60. The molecule has 0 radical (unpaired) electrons. The average molecular weight is 400 g/mol. The van der Waals surface area contributed by atoms with Gasteiger partial charge in [-0.1, -0.05) is 18.2 Å². The third kappa shape index (κ3) is 5.60. The van der Waals surface area contributed by atoms with Crippen molar-refractivity contribution in [3.05, 3.63) is 59.4 Å². The van der Waals surface area contributed by atoms with E-state index in [0.29, 0.717) is 43.3 Å². The molecule has 0 bridgehead atoms. The summed E-state index contributed by atoms with van der Waals surface area (Å²) in [6, 6.07) is 12.0. The van der Waals surface area contributed by atoms with E-state index in [0.717, 1.165) is 11.5 Å². The fraction of sp³-hybridized carbons (Fsp3) is 0.333. The number of aliphatic imine (C=N–C) groups is 1. The van der Waals surface area contributed by atoms with Gasteiger partial charge in [0, 0.05) is 25.7 Å². The summed E-state index contributed by atoms with van der Waals surface area (Å²) in [6.45, 7) is 3.45. The van der Waals surface area contributed by atoms with E-state index in [4.69, 9.17) is 9.47 Å². The maximum atomic E-state index is 13.6. The third-order valence-electron chi connectivity index (χ3n) is 4.43. The minimum atomic E-state index is -0.392. The first-order valence-electron chi connectivity index (χ1n) is 9.44. The number of amides is 1. The van der Waals surface area contributed by atoms with Gasteiger partial charge in [0.25, 0.3) is 5.91 Å². The topological polar surface area (TPSA) is 84.0 Å². The Balaban J connectivity index is 1.37. The van der Waals surface area contributed by atoms with Gasteiger partial charge >= 0.3 is 0 Å². The standard InChI is InChI=1S/C21H25FN4O3/c1-14-7-8-15(11-17(14)22)20(27)24-9-10-25-21(23-2)26-12-16-13-28-18-5-3-4-6-19(18)29-16/h3-8,11,16H,9-10,12-13H2,1-2H3,(H,24,27)(H2,23,25,26). The van der Waals surface area contributed by atoms with E-state index in [1.54, 1.807) is 26.1 Å². The molecular formula is C21H25FN4O3. The lowest BCUT2D eigenvalue weighted by atomic mass is 10.1. The van der Waals surface area contributed by atoms with Gasteiger partial charge in [-0.2, -0.15) is 0 Å². The minimum Gasteiger partial charge on any atom is -0.486 e. The molecule has 0 fully saturated rings. The van der Waals surface area contributed by atoms with Crippen LogP contribution >= 0.6 is 0 Å². The molecule has 2 aromatic carbocycles. The largest absolute Gasteiger partial charge is 0.486 e. The van der Waals surface area contributed by atoms with Gasteiger partial charge in [-0.15, -0.1) is 0 Å². The van der Waals surface area contributed by atoms with Crippen molar-refractivity contribution in [2.75, 3.05) is 33.3 Å². The predicted molar refractivity (Wildman–Crippen MR) is 109 cm³/mol. The molecule has 154 valence electrons. The molecule has 8 heteroatoms. The Morgan fingerprint density at radius 3 is 2.66 bits per heavy atom. The molecule has 1 aliphatic heterocycles. The number of carbonyl (C=O) groups excluding carboxylic acids is 1. The third-order valence-corrected chi connectivity index (χ3v) is 4.43. The quantitative estimate of drug-likeness (QED) is 0.392. The number of ether oxygens (including phenoxy) is 2. The van der Waals surface area contributed by atoms with Crippen LogP contribution in [-0.4, -0.2) is 51.3 Å². The highest BCUT2D eigenvalue weighted by molar-refractivity contribution is 5.94. The van der Waals surface area contributed by atoms with Crippen LogP contribution < -0.4 is 25.4 Å². The molecule has 2 aromatic rings. The van der Waals surface area contributed by atoms with Gasteiger partial charge in [0.05, 0.1) is 6.54 Å². The maximum Gasteiger partial charge on any atom is 0.251 e. The minimum absolute atomic E-state index is 0.139. The van der Waals surface area contributed by atoms with Crippen LogP contribution in [0.5, 0.6) is 11.5 Å². The Bertz CT molecular complexity index is 888. The second-order valence-electron chi connectivity index (χ2n) is 6.60. The molecule has 1 amide bonds. The van der Waals surface area contributed by atoms with E-state index in [-0.39, 0.29) is 12.0 Å². The first-order valence-corrected chi connectivity index (χ1v) is 9.44. The van der Waals surface area contributed by atoms with Crippen molar-refractivity contribution in [3.8, 4) is 11.5 Å². The number of hydrogen-bond donors (Lipinski definition) is 3. The molecule has 0 saturated heterocycles. The van der Waals surface area contributed by atoms with E-state index < -0.39 is 5.82 Å². The fourth-order valence-electron chi connectivity index (χ4n) is 2.79. The van der Waals surface area contributed by atoms with Crippen molar-refractivity contribution >= 4 is 11.9 Å². The monoisotopic (exact) mass is 400 g/mol. The van der Waals surface area contributed by atoms with Crippen LogP contribution in [0.25, 0.3) is 0 Å². The lowest BCUT2D eigenvalue weighted by Gasteiger charge is -2.27. The molecule has 1 aliphatic rings. The van der Waals surface area contributed by atoms with Gasteiger partial charge in [0.2, 0.25) is 0 Å². The predicted octanol–water partition coefficient (Wildman–Crippen LogP) is 1.87. The summed E-state index contributed by atoms with van der Waals surface area (Å²) in [5.41, 5.74) is 0.805. The van der Waals surface area contributed by atoms with Crippen LogP contribution in [0.4, 0.5) is 4.39 Å². The summed E-state index contributed by atoms with van der Waals surface area (Å²) < 4.78 is 25.1. The van der Waals surface area contributed by atoms with Gasteiger partial charge in [-0.3, -0.25) is 9.79 Å². The zero-order valence-corrected chi connectivity index (χ0v) is 16.5. The highest BCUT2D eigenvalue weighted by Crippen LogP contribution is 2.30. The molecule has 1 atom stereocenters. The summed E-state index contributed by atoms with van der Waals surface area (Å²) in [5.74, 6) is 1.35. The van der Waals surface area contributed by atoms with Gasteiger partial charge in [-0.05, 0) is 36.8 Å². The van der Waals surface area contributed by atoms with Crippen molar-refractivity contribution in [2.45, 2.75) is 13.0 Å². The van der Waals surface area contributed by atoms with Crippen LogP contribution in [0, 0.1) is 12.7 Å². The maximum absolute atomic E-state index is 13.6. The number of aryl methyl sites for hydroxylation is 1. The smallest absolute Gasteiger partial charge is 0.251 e. The lowest BCUT2D eigenvalue weighted by molar-refractivity contribution is 0.0936. The van der Waals surface area contributed by atoms with Crippen LogP contribution in [0.15, 0.2) is 47.5 Å². The van der Waals surface area contributed by atoms with Gasteiger partial charge in [-0.25, -0.2) is 4.39 Å². The van der Waals surface area contributed by atoms with Gasteiger partial charge < -0.3 is 25.4 Å². The lowest BCUT2D eigenvalue weighted by Crippen LogP contribution is -2.46. The van der Waals surface area contributed by atoms with Crippen molar-refractivity contribution in [3.63, 3.8) is 0 Å². The van der Waals surface area contributed by atoms with Gasteiger partial charge in [0.15, 0.2) is 17.5 Å². The van der Waals surface area contributed by atoms with Crippen molar-refractivity contribution in [1.82, 2.24) is 16.0 Å². The van der Waals surface area contributed by atoms with E-state index in [1.165, 1.54) is 6.07 Å². The SMILES string of the molecule is CN=C(NCCNC(=O)c1ccc(C)c(F)c1)NCC1COc2ccccc2O1. The first-order chi connectivity index (χ1) is 14.1. The number of guanidine groups is 1. The molecule has 7 nitrogen and oxygen atoms in total. The zero-order valence-electron chi connectivity index (χ0n) is 16.5. The van der Waals surface area contributed by atoms with Crippen molar-refractivity contribution in [1.29, 1.82) is 0 Å². The summed E-state index contributed by atoms with van der Waals surface area (Å²) in [4.78, 5) is 16.2. The summed E-state index contributed by atoms with van der Waals surface area (Å²) in [7, 11) is 1.66. The Hall–Kier alpha value is -3.29. The summed E-state index contributed by atoms with van der Waals surface area (Å²) >= 11 is 0. The molecule has 0 aromatic heterocycles. The average Bonchev–Trinajstić information content (AvgIpc) is 2.74. The molecule has 1 heterocycles. The van der Waals surface area contributed by atoms with E-state index in [9.17, 15) is 9.18 Å². The molecule has 3 N–H and O–H groups in total. The Morgan fingerprint density at radius 2 is 1.90 bits per heavy atom. The van der Waals surface area contributed by atoms with E-state index >= 15 is 0 Å². The zero-order chi connectivity index (χ0) is 20.6. The molecule has 29 heavy (non-hydrogen) atoms. The molecular weight excluding hydrogens is 375 g/mol. The Morgan fingerprint density at radius 1 is 1.14 bits per heavy atom. The van der Waals surface area contributed by atoms with Gasteiger partial charge in [0.1, 0.15) is 18.5 Å². The second kappa shape index (κ2) is 9.77. The fourth-order valence-corrected chi connectivity index (χ4v) is 2.79. The van der Waals surface area contributed by atoms with E-state index in [2.05, 4.69) is 20.9 Å². The Kier molecular flexibility index (Phi) is 6.89.